The number of nitrogens with zero attached hydrogens (tertiary/aromatic N) is 2. The van der Waals surface area contributed by atoms with Gasteiger partial charge in [-0.15, -0.1) is 0 Å². The lowest BCUT2D eigenvalue weighted by Crippen LogP contribution is -2.36. The number of alkyl halides is 3. The minimum Gasteiger partial charge on any atom is -0.363 e. The highest BCUT2D eigenvalue weighted by Gasteiger charge is 2.47. The average molecular weight is 442 g/mol. The van der Waals surface area contributed by atoms with Crippen molar-refractivity contribution < 1.29 is 18.0 Å². The van der Waals surface area contributed by atoms with Crippen LogP contribution in [0.1, 0.15) is 58.0 Å². The van der Waals surface area contributed by atoms with E-state index in [1.54, 1.807) is 0 Å². The standard InChI is InChI=1S/C24H25F3N4O/c1-3-16-7-9-18(10-8-16)20-12-21(24(25,26)27)31-22(30-20)19(14-29-31)23(32)28-13-17-6-4-5-15(2)11-17/h4-11,14,20-21,30H,3,12-13H2,1-2H3,(H,28,32)/t20-,21+/m1/s1. The summed E-state index contributed by atoms with van der Waals surface area (Å²) in [4.78, 5) is 12.8. The van der Waals surface area contributed by atoms with Gasteiger partial charge in [0.25, 0.3) is 5.91 Å². The van der Waals surface area contributed by atoms with Gasteiger partial charge in [0.15, 0.2) is 6.04 Å². The molecule has 2 aromatic carbocycles. The van der Waals surface area contributed by atoms with E-state index in [1.165, 1.54) is 6.20 Å². The van der Waals surface area contributed by atoms with Crippen LogP contribution in [0, 0.1) is 6.92 Å². The summed E-state index contributed by atoms with van der Waals surface area (Å²) in [5.74, 6) is -0.381. The summed E-state index contributed by atoms with van der Waals surface area (Å²) in [5.41, 5.74) is 3.93. The van der Waals surface area contributed by atoms with Crippen LogP contribution in [0.5, 0.6) is 0 Å². The Balaban J connectivity index is 1.61. The number of carbonyl (C=O) groups excluding carboxylic acids is 1. The quantitative estimate of drug-likeness (QED) is 0.561. The van der Waals surface area contributed by atoms with Crippen LogP contribution in [0.25, 0.3) is 0 Å². The predicted molar refractivity (Wildman–Crippen MR) is 116 cm³/mol. The van der Waals surface area contributed by atoms with Crippen LogP contribution in [-0.2, 0) is 13.0 Å². The van der Waals surface area contributed by atoms with Crippen molar-refractivity contribution in [3.8, 4) is 0 Å². The van der Waals surface area contributed by atoms with Gasteiger partial charge < -0.3 is 10.6 Å². The van der Waals surface area contributed by atoms with Crippen LogP contribution in [0.4, 0.5) is 19.0 Å². The molecule has 5 nitrogen and oxygen atoms in total. The van der Waals surface area contributed by atoms with E-state index in [1.807, 2.05) is 62.4 Å². The van der Waals surface area contributed by atoms with E-state index in [9.17, 15) is 18.0 Å². The lowest BCUT2D eigenvalue weighted by Gasteiger charge is -2.34. The van der Waals surface area contributed by atoms with E-state index in [-0.39, 0.29) is 24.3 Å². The second kappa shape index (κ2) is 8.68. The number of carbonyl (C=O) groups is 1. The number of aryl methyl sites for hydroxylation is 2. The monoisotopic (exact) mass is 442 g/mol. The number of halogens is 3. The minimum absolute atomic E-state index is 0.0879. The van der Waals surface area contributed by atoms with Crippen molar-refractivity contribution >= 4 is 11.7 Å². The fourth-order valence-electron chi connectivity index (χ4n) is 4.03. The number of hydrogen-bond donors (Lipinski definition) is 2. The zero-order valence-electron chi connectivity index (χ0n) is 17.9. The first-order chi connectivity index (χ1) is 15.3. The topological polar surface area (TPSA) is 59.0 Å². The van der Waals surface area contributed by atoms with Crippen LogP contribution in [0.3, 0.4) is 0 Å². The van der Waals surface area contributed by atoms with E-state index in [0.29, 0.717) is 0 Å². The van der Waals surface area contributed by atoms with E-state index in [0.717, 1.165) is 33.4 Å². The summed E-state index contributed by atoms with van der Waals surface area (Å²) >= 11 is 0. The molecular formula is C24H25F3N4O. The maximum atomic E-state index is 13.9. The molecule has 0 bridgehead atoms. The summed E-state index contributed by atoms with van der Waals surface area (Å²) in [6.07, 6.45) is -2.63. The van der Waals surface area contributed by atoms with Gasteiger partial charge in [-0.3, -0.25) is 4.79 Å². The summed E-state index contributed by atoms with van der Waals surface area (Å²) in [6.45, 7) is 4.25. The number of rotatable bonds is 5. The van der Waals surface area contributed by atoms with Gasteiger partial charge in [-0.05, 0) is 30.0 Å². The molecule has 168 valence electrons. The normalized spacial score (nSPS) is 18.0. The molecule has 4 rings (SSSR count). The second-order valence-corrected chi connectivity index (χ2v) is 8.11. The Kier molecular flexibility index (Phi) is 5.95. The molecule has 0 radical (unpaired) electrons. The highest BCUT2D eigenvalue weighted by Crippen LogP contribution is 2.44. The molecule has 1 aromatic heterocycles. The molecule has 0 unspecified atom stereocenters. The van der Waals surface area contributed by atoms with Crippen LogP contribution in [0.2, 0.25) is 0 Å². The van der Waals surface area contributed by atoms with Crippen molar-refractivity contribution in [3.05, 3.63) is 82.5 Å². The molecule has 32 heavy (non-hydrogen) atoms. The zero-order chi connectivity index (χ0) is 22.9. The Bertz CT molecular complexity index is 1110. The molecule has 1 amide bonds. The molecule has 1 aliphatic rings. The molecule has 0 aliphatic carbocycles. The van der Waals surface area contributed by atoms with Crippen molar-refractivity contribution in [2.24, 2.45) is 0 Å². The smallest absolute Gasteiger partial charge is 0.363 e. The highest BCUT2D eigenvalue weighted by atomic mass is 19.4. The van der Waals surface area contributed by atoms with Gasteiger partial charge in [0.1, 0.15) is 11.4 Å². The number of hydrogen-bond acceptors (Lipinski definition) is 3. The third-order valence-electron chi connectivity index (χ3n) is 5.81. The molecule has 0 fully saturated rings. The fourth-order valence-corrected chi connectivity index (χ4v) is 4.03. The van der Waals surface area contributed by atoms with Gasteiger partial charge >= 0.3 is 6.18 Å². The first-order valence-corrected chi connectivity index (χ1v) is 10.6. The molecular weight excluding hydrogens is 417 g/mol. The van der Waals surface area contributed by atoms with Crippen molar-refractivity contribution in [3.63, 3.8) is 0 Å². The molecule has 2 heterocycles. The predicted octanol–water partition coefficient (Wildman–Crippen LogP) is 5.34. The number of aromatic nitrogens is 2. The summed E-state index contributed by atoms with van der Waals surface area (Å²) in [5, 5.41) is 9.84. The van der Waals surface area contributed by atoms with E-state index in [2.05, 4.69) is 15.7 Å². The molecule has 2 atom stereocenters. The molecule has 0 spiro atoms. The van der Waals surface area contributed by atoms with E-state index < -0.39 is 24.2 Å². The molecule has 1 aliphatic heterocycles. The van der Waals surface area contributed by atoms with Gasteiger partial charge in [0.05, 0.1) is 12.2 Å². The number of benzene rings is 2. The SMILES string of the molecule is CCc1ccc([C@H]2C[C@@H](C(F)(F)F)n3ncc(C(=O)NCc4cccc(C)c4)c3N2)cc1. The number of nitrogens with one attached hydrogen (secondary N) is 2. The van der Waals surface area contributed by atoms with Crippen molar-refractivity contribution in [1.82, 2.24) is 15.1 Å². The van der Waals surface area contributed by atoms with Gasteiger partial charge in [-0.2, -0.15) is 18.3 Å². The van der Waals surface area contributed by atoms with E-state index in [4.69, 9.17) is 0 Å². The van der Waals surface area contributed by atoms with Gasteiger partial charge in [-0.25, -0.2) is 4.68 Å². The van der Waals surface area contributed by atoms with Gasteiger partial charge in [0.2, 0.25) is 0 Å². The van der Waals surface area contributed by atoms with Gasteiger partial charge in [0, 0.05) is 13.0 Å². The minimum atomic E-state index is -4.49. The number of anilines is 1. The molecule has 0 saturated heterocycles. The third-order valence-corrected chi connectivity index (χ3v) is 5.81. The lowest BCUT2D eigenvalue weighted by molar-refractivity contribution is -0.173. The third kappa shape index (κ3) is 4.49. The Morgan fingerprint density at radius 2 is 1.94 bits per heavy atom. The van der Waals surface area contributed by atoms with Crippen LogP contribution < -0.4 is 10.6 Å². The van der Waals surface area contributed by atoms with E-state index >= 15 is 0 Å². The summed E-state index contributed by atoms with van der Waals surface area (Å²) in [6, 6.07) is 12.8. The molecule has 0 saturated carbocycles. The Morgan fingerprint density at radius 1 is 1.19 bits per heavy atom. The zero-order valence-corrected chi connectivity index (χ0v) is 17.9. The second-order valence-electron chi connectivity index (χ2n) is 8.11. The Morgan fingerprint density at radius 3 is 2.59 bits per heavy atom. The first kappa shape index (κ1) is 21.9. The maximum Gasteiger partial charge on any atom is 0.410 e. The van der Waals surface area contributed by atoms with Crippen molar-refractivity contribution in [2.45, 2.75) is 51.5 Å². The van der Waals surface area contributed by atoms with Gasteiger partial charge in [-0.1, -0.05) is 61.0 Å². The van der Waals surface area contributed by atoms with Crippen molar-refractivity contribution in [2.75, 3.05) is 5.32 Å². The van der Waals surface area contributed by atoms with Crippen LogP contribution in [-0.4, -0.2) is 21.9 Å². The first-order valence-electron chi connectivity index (χ1n) is 10.6. The molecule has 2 N–H and O–H groups in total. The number of fused-ring (bicyclic) bond motifs is 1. The molecule has 8 heteroatoms. The fraction of sp³-hybridized carbons (Fsp3) is 0.333. The van der Waals surface area contributed by atoms with Crippen LogP contribution >= 0.6 is 0 Å². The largest absolute Gasteiger partial charge is 0.410 e. The molecule has 3 aromatic rings. The van der Waals surface area contributed by atoms with Crippen molar-refractivity contribution in [1.29, 1.82) is 0 Å². The lowest BCUT2D eigenvalue weighted by atomic mass is 9.95. The maximum absolute atomic E-state index is 13.9. The highest BCUT2D eigenvalue weighted by molar-refractivity contribution is 5.98. The summed E-state index contributed by atoms with van der Waals surface area (Å²) in [7, 11) is 0. The number of amides is 1. The summed E-state index contributed by atoms with van der Waals surface area (Å²) < 4.78 is 42.5. The Hall–Kier alpha value is -3.29. The van der Waals surface area contributed by atoms with Crippen LogP contribution in [0.15, 0.2) is 54.7 Å². The Labute approximate surface area is 184 Å². The average Bonchev–Trinajstić information content (AvgIpc) is 3.20.